The van der Waals surface area contributed by atoms with Gasteiger partial charge in [-0.05, 0) is 31.5 Å². The molecule has 0 spiro atoms. The summed E-state index contributed by atoms with van der Waals surface area (Å²) in [6, 6.07) is 5.36. The van der Waals surface area contributed by atoms with Crippen molar-refractivity contribution >= 4 is 0 Å². The highest BCUT2D eigenvalue weighted by Crippen LogP contribution is 2.30. The van der Waals surface area contributed by atoms with Crippen LogP contribution in [0, 0.1) is 6.92 Å². The van der Waals surface area contributed by atoms with Crippen LogP contribution in [0.1, 0.15) is 30.2 Å². The van der Waals surface area contributed by atoms with Gasteiger partial charge in [0, 0.05) is 7.05 Å². The Labute approximate surface area is 118 Å². The fourth-order valence-electron chi connectivity index (χ4n) is 1.78. The zero-order valence-corrected chi connectivity index (χ0v) is 12.1. The topological polar surface area (TPSA) is 69.4 Å². The molecule has 1 aromatic carbocycles. The Hall–Kier alpha value is -2.08. The summed E-state index contributed by atoms with van der Waals surface area (Å²) in [7, 11) is 3.46. The van der Waals surface area contributed by atoms with Gasteiger partial charge in [-0.2, -0.15) is 0 Å². The first-order valence-electron chi connectivity index (χ1n) is 6.36. The maximum Gasteiger partial charge on any atom is 0.170 e. The molecule has 0 aliphatic heterocycles. The molecule has 0 aliphatic carbocycles. The van der Waals surface area contributed by atoms with E-state index in [4.69, 9.17) is 9.47 Å². The minimum Gasteiger partial charge on any atom is -0.493 e. The number of hydrogen-bond donors (Lipinski definition) is 1. The van der Waals surface area contributed by atoms with Crippen LogP contribution < -0.4 is 9.47 Å². The second kappa shape index (κ2) is 5.92. The van der Waals surface area contributed by atoms with Crippen molar-refractivity contribution in [1.82, 2.24) is 14.8 Å². The van der Waals surface area contributed by atoms with Crippen molar-refractivity contribution in [3.63, 3.8) is 0 Å². The van der Waals surface area contributed by atoms with E-state index < -0.39 is 6.10 Å². The number of nitrogens with zero attached hydrogens (tertiary/aromatic N) is 3. The lowest BCUT2D eigenvalue weighted by atomic mass is 10.1. The van der Waals surface area contributed by atoms with Gasteiger partial charge in [-0.1, -0.05) is 6.07 Å². The van der Waals surface area contributed by atoms with E-state index in [1.807, 2.05) is 24.6 Å². The lowest BCUT2D eigenvalue weighted by Crippen LogP contribution is -2.05. The van der Waals surface area contributed by atoms with E-state index in [0.717, 1.165) is 17.2 Å². The summed E-state index contributed by atoms with van der Waals surface area (Å²) in [5.41, 5.74) is 0.781. The third-order valence-corrected chi connectivity index (χ3v) is 3.21. The fraction of sp³-hybridized carbons (Fsp3) is 0.429. The van der Waals surface area contributed by atoms with Crippen molar-refractivity contribution in [2.24, 2.45) is 7.05 Å². The predicted molar refractivity (Wildman–Crippen MR) is 73.7 cm³/mol. The van der Waals surface area contributed by atoms with Crippen molar-refractivity contribution in [3.8, 4) is 11.5 Å². The molecule has 1 atom stereocenters. The van der Waals surface area contributed by atoms with Gasteiger partial charge in [-0.3, -0.25) is 0 Å². The van der Waals surface area contributed by atoms with Crippen molar-refractivity contribution in [2.75, 3.05) is 7.11 Å². The zero-order valence-electron chi connectivity index (χ0n) is 12.1. The molecule has 1 aromatic heterocycles. The average Bonchev–Trinajstić information content (AvgIpc) is 2.76. The number of aliphatic hydroxyl groups is 1. The molecule has 2 aromatic rings. The largest absolute Gasteiger partial charge is 0.493 e. The summed E-state index contributed by atoms with van der Waals surface area (Å²) in [5, 5.41) is 17.6. The smallest absolute Gasteiger partial charge is 0.170 e. The summed E-state index contributed by atoms with van der Waals surface area (Å²) in [6.45, 7) is 3.90. The number of benzene rings is 1. The first-order chi connectivity index (χ1) is 9.52. The Morgan fingerprint density at radius 1 is 1.30 bits per heavy atom. The van der Waals surface area contributed by atoms with E-state index in [1.54, 1.807) is 26.2 Å². The van der Waals surface area contributed by atoms with Gasteiger partial charge in [-0.15, -0.1) is 10.2 Å². The summed E-state index contributed by atoms with van der Waals surface area (Å²) >= 11 is 0. The predicted octanol–water partition coefficient (Wildman–Crippen LogP) is 1.76. The molecular weight excluding hydrogens is 258 g/mol. The van der Waals surface area contributed by atoms with Gasteiger partial charge >= 0.3 is 0 Å². The Morgan fingerprint density at radius 3 is 2.60 bits per heavy atom. The van der Waals surface area contributed by atoms with Gasteiger partial charge in [0.25, 0.3) is 0 Å². The lowest BCUT2D eigenvalue weighted by molar-refractivity contribution is 0.198. The van der Waals surface area contributed by atoms with E-state index >= 15 is 0 Å². The minimum atomic E-state index is -0.542. The molecule has 20 heavy (non-hydrogen) atoms. The Kier molecular flexibility index (Phi) is 4.24. The van der Waals surface area contributed by atoms with Gasteiger partial charge in [0.05, 0.1) is 13.2 Å². The van der Waals surface area contributed by atoms with Gasteiger partial charge in [0.15, 0.2) is 17.3 Å². The van der Waals surface area contributed by atoms with Gasteiger partial charge in [0.2, 0.25) is 0 Å². The second-order valence-corrected chi connectivity index (χ2v) is 4.60. The van der Waals surface area contributed by atoms with Crippen LogP contribution >= 0.6 is 0 Å². The van der Waals surface area contributed by atoms with Crippen LogP contribution in [0.4, 0.5) is 0 Å². The average molecular weight is 277 g/mol. The highest BCUT2D eigenvalue weighted by molar-refractivity contribution is 5.43. The third kappa shape index (κ3) is 2.91. The molecule has 6 nitrogen and oxygen atoms in total. The lowest BCUT2D eigenvalue weighted by Gasteiger charge is -2.13. The van der Waals surface area contributed by atoms with Crippen LogP contribution in [0.2, 0.25) is 0 Å². The van der Waals surface area contributed by atoms with Crippen LogP contribution in [0.25, 0.3) is 0 Å². The maximum atomic E-state index is 9.56. The normalized spacial score (nSPS) is 12.2. The van der Waals surface area contributed by atoms with Crippen molar-refractivity contribution in [1.29, 1.82) is 0 Å². The molecule has 6 heteroatoms. The van der Waals surface area contributed by atoms with Crippen LogP contribution in [0.5, 0.6) is 11.5 Å². The third-order valence-electron chi connectivity index (χ3n) is 3.21. The number of methoxy groups -OCH3 is 1. The Bertz CT molecular complexity index is 593. The van der Waals surface area contributed by atoms with E-state index in [0.29, 0.717) is 18.1 Å². The SMILES string of the molecule is COc1cc(C(C)O)ccc1OCc1nnc(C)n1C. The Morgan fingerprint density at radius 2 is 2.05 bits per heavy atom. The van der Waals surface area contributed by atoms with E-state index in [1.165, 1.54) is 0 Å². The number of aliphatic hydroxyl groups excluding tert-OH is 1. The molecule has 1 heterocycles. The molecule has 0 aliphatic rings. The molecule has 1 unspecified atom stereocenters. The van der Waals surface area contributed by atoms with Crippen molar-refractivity contribution < 1.29 is 14.6 Å². The van der Waals surface area contributed by atoms with E-state index in [-0.39, 0.29) is 0 Å². The maximum absolute atomic E-state index is 9.56. The first kappa shape index (κ1) is 14.3. The van der Waals surface area contributed by atoms with Crippen molar-refractivity contribution in [3.05, 3.63) is 35.4 Å². The molecule has 0 radical (unpaired) electrons. The molecule has 0 fully saturated rings. The molecule has 0 saturated carbocycles. The zero-order chi connectivity index (χ0) is 14.7. The van der Waals surface area contributed by atoms with Crippen molar-refractivity contribution in [2.45, 2.75) is 26.6 Å². The molecule has 0 saturated heterocycles. The Balaban J connectivity index is 2.15. The van der Waals surface area contributed by atoms with Crippen LogP contribution in [0.15, 0.2) is 18.2 Å². The van der Waals surface area contributed by atoms with E-state index in [9.17, 15) is 5.11 Å². The highest BCUT2D eigenvalue weighted by Gasteiger charge is 2.11. The van der Waals surface area contributed by atoms with Gasteiger partial charge in [0.1, 0.15) is 12.4 Å². The number of aromatic nitrogens is 3. The summed E-state index contributed by atoms with van der Waals surface area (Å²) in [4.78, 5) is 0. The molecule has 0 amide bonds. The minimum absolute atomic E-state index is 0.307. The highest BCUT2D eigenvalue weighted by atomic mass is 16.5. The molecule has 1 N–H and O–H groups in total. The van der Waals surface area contributed by atoms with Gasteiger partial charge in [-0.25, -0.2) is 0 Å². The van der Waals surface area contributed by atoms with Crippen LogP contribution in [-0.4, -0.2) is 27.0 Å². The van der Waals surface area contributed by atoms with Crippen LogP contribution in [-0.2, 0) is 13.7 Å². The number of hydrogen-bond acceptors (Lipinski definition) is 5. The van der Waals surface area contributed by atoms with Gasteiger partial charge < -0.3 is 19.1 Å². The quantitative estimate of drug-likeness (QED) is 0.902. The summed E-state index contributed by atoms with van der Waals surface area (Å²) in [6.07, 6.45) is -0.542. The first-order valence-corrected chi connectivity index (χ1v) is 6.36. The standard InChI is InChI=1S/C14H19N3O3/c1-9(18)11-5-6-12(13(7-11)19-4)20-8-14-16-15-10(2)17(14)3/h5-7,9,18H,8H2,1-4H3. The van der Waals surface area contributed by atoms with E-state index in [2.05, 4.69) is 10.2 Å². The number of rotatable bonds is 5. The number of ether oxygens (including phenoxy) is 2. The molecule has 0 bridgehead atoms. The molecule has 2 rings (SSSR count). The fourth-order valence-corrected chi connectivity index (χ4v) is 1.78. The monoisotopic (exact) mass is 277 g/mol. The van der Waals surface area contributed by atoms with Crippen LogP contribution in [0.3, 0.4) is 0 Å². The summed E-state index contributed by atoms with van der Waals surface area (Å²) in [5.74, 6) is 2.77. The molecular formula is C14H19N3O3. The number of aryl methyl sites for hydroxylation is 1. The molecule has 108 valence electrons. The summed E-state index contributed by atoms with van der Waals surface area (Å²) < 4.78 is 12.9. The second-order valence-electron chi connectivity index (χ2n) is 4.60.